The number of rotatable bonds is 4. The lowest BCUT2D eigenvalue weighted by atomic mass is 10.2. The van der Waals surface area contributed by atoms with Gasteiger partial charge in [0.05, 0.1) is 17.5 Å². The molecule has 1 atom stereocenters. The Morgan fingerprint density at radius 2 is 2.00 bits per heavy atom. The van der Waals surface area contributed by atoms with Crippen LogP contribution in [0.25, 0.3) is 0 Å². The minimum atomic E-state index is -2.93. The topological polar surface area (TPSA) is 80.5 Å². The van der Waals surface area contributed by atoms with E-state index in [4.69, 9.17) is 5.73 Å². The Kier molecular flexibility index (Phi) is 5.07. The summed E-state index contributed by atoms with van der Waals surface area (Å²) in [6.45, 7) is 0.572. The molecule has 0 aliphatic carbocycles. The largest absolute Gasteiger partial charge is 0.339 e. The van der Waals surface area contributed by atoms with Crippen molar-refractivity contribution in [2.75, 3.05) is 36.6 Å². The summed E-state index contributed by atoms with van der Waals surface area (Å²) in [7, 11) is -2.93. The standard InChI is InChI=1S/C9H18N2O3S2/c1-15-5-2-8(10)9(12)11-3-6-16(13,14)7-4-11/h8H,2-7,10H2,1H3/t8-/m1/s1. The summed E-state index contributed by atoms with van der Waals surface area (Å²) in [4.78, 5) is 13.4. The Bertz CT molecular complexity index is 329. The molecule has 1 amide bonds. The van der Waals surface area contributed by atoms with Crippen molar-refractivity contribution in [3.8, 4) is 0 Å². The predicted molar refractivity (Wildman–Crippen MR) is 66.2 cm³/mol. The number of nitrogens with zero attached hydrogens (tertiary/aromatic N) is 1. The highest BCUT2D eigenvalue weighted by Crippen LogP contribution is 2.07. The molecule has 0 bridgehead atoms. The Balaban J connectivity index is 2.44. The minimum Gasteiger partial charge on any atom is -0.339 e. The van der Waals surface area contributed by atoms with Gasteiger partial charge in [0.25, 0.3) is 0 Å². The first-order valence-corrected chi connectivity index (χ1v) is 8.41. The molecule has 16 heavy (non-hydrogen) atoms. The number of nitrogens with two attached hydrogens (primary N) is 1. The second-order valence-corrected chi connectivity index (χ2v) is 7.15. The molecule has 0 aromatic carbocycles. The van der Waals surface area contributed by atoms with Crippen LogP contribution in [-0.4, -0.2) is 61.9 Å². The van der Waals surface area contributed by atoms with Crippen molar-refractivity contribution in [3.63, 3.8) is 0 Å². The molecule has 0 unspecified atom stereocenters. The maximum Gasteiger partial charge on any atom is 0.239 e. The van der Waals surface area contributed by atoms with Crippen LogP contribution in [0.5, 0.6) is 0 Å². The maximum absolute atomic E-state index is 11.8. The van der Waals surface area contributed by atoms with Crippen molar-refractivity contribution in [2.24, 2.45) is 5.73 Å². The van der Waals surface area contributed by atoms with Gasteiger partial charge in [-0.1, -0.05) is 0 Å². The molecule has 1 aliphatic rings. The average molecular weight is 266 g/mol. The van der Waals surface area contributed by atoms with E-state index >= 15 is 0 Å². The monoisotopic (exact) mass is 266 g/mol. The highest BCUT2D eigenvalue weighted by atomic mass is 32.2. The van der Waals surface area contributed by atoms with E-state index < -0.39 is 15.9 Å². The lowest BCUT2D eigenvalue weighted by Crippen LogP contribution is -2.50. The van der Waals surface area contributed by atoms with Gasteiger partial charge in [0.2, 0.25) is 5.91 Å². The molecule has 0 radical (unpaired) electrons. The lowest BCUT2D eigenvalue weighted by Gasteiger charge is -2.29. The van der Waals surface area contributed by atoms with Gasteiger partial charge in [0.15, 0.2) is 9.84 Å². The molecule has 0 saturated carbocycles. The van der Waals surface area contributed by atoms with Gasteiger partial charge >= 0.3 is 0 Å². The van der Waals surface area contributed by atoms with Crippen LogP contribution in [0.2, 0.25) is 0 Å². The highest BCUT2D eigenvalue weighted by Gasteiger charge is 2.27. The van der Waals surface area contributed by atoms with Gasteiger partial charge in [-0.25, -0.2) is 8.42 Å². The molecule has 5 nitrogen and oxygen atoms in total. The van der Waals surface area contributed by atoms with E-state index in [0.717, 1.165) is 5.75 Å². The van der Waals surface area contributed by atoms with E-state index in [1.165, 1.54) is 0 Å². The van der Waals surface area contributed by atoms with E-state index in [-0.39, 0.29) is 30.5 Å². The molecule has 94 valence electrons. The highest BCUT2D eigenvalue weighted by molar-refractivity contribution is 7.98. The number of carbonyl (C=O) groups is 1. The molecule has 1 aliphatic heterocycles. The van der Waals surface area contributed by atoms with E-state index in [9.17, 15) is 13.2 Å². The fourth-order valence-electron chi connectivity index (χ4n) is 1.54. The Labute approximate surface area is 101 Å². The Morgan fingerprint density at radius 3 is 2.50 bits per heavy atom. The summed E-state index contributed by atoms with van der Waals surface area (Å²) in [5, 5.41) is 0. The van der Waals surface area contributed by atoms with Crippen molar-refractivity contribution in [2.45, 2.75) is 12.5 Å². The molecule has 0 spiro atoms. The Morgan fingerprint density at radius 1 is 1.44 bits per heavy atom. The maximum atomic E-state index is 11.8. The zero-order valence-electron chi connectivity index (χ0n) is 9.39. The Hall–Kier alpha value is -0.270. The predicted octanol–water partition coefficient (Wildman–Crippen LogP) is -0.676. The first-order chi connectivity index (χ1) is 7.46. The number of hydrogen-bond donors (Lipinski definition) is 1. The van der Waals surface area contributed by atoms with E-state index in [2.05, 4.69) is 0 Å². The molecule has 2 N–H and O–H groups in total. The number of hydrogen-bond acceptors (Lipinski definition) is 5. The van der Waals surface area contributed by atoms with Gasteiger partial charge in [-0.05, 0) is 18.4 Å². The number of sulfone groups is 1. The van der Waals surface area contributed by atoms with E-state index in [0.29, 0.717) is 6.42 Å². The van der Waals surface area contributed by atoms with Crippen molar-refractivity contribution < 1.29 is 13.2 Å². The second-order valence-electron chi connectivity index (χ2n) is 3.87. The van der Waals surface area contributed by atoms with Gasteiger partial charge in [-0.15, -0.1) is 0 Å². The lowest BCUT2D eigenvalue weighted by molar-refractivity contribution is -0.132. The number of amides is 1. The summed E-state index contributed by atoms with van der Waals surface area (Å²) in [5.41, 5.74) is 5.75. The molecule has 0 aromatic heterocycles. The third kappa shape index (κ3) is 3.95. The number of thioether (sulfide) groups is 1. The van der Waals surface area contributed by atoms with Crippen LogP contribution in [-0.2, 0) is 14.6 Å². The molecule has 7 heteroatoms. The molecule has 1 heterocycles. The first kappa shape index (κ1) is 13.8. The summed E-state index contributed by atoms with van der Waals surface area (Å²) in [5.74, 6) is 0.852. The van der Waals surface area contributed by atoms with Crippen molar-refractivity contribution in [1.82, 2.24) is 4.90 Å². The zero-order valence-corrected chi connectivity index (χ0v) is 11.0. The van der Waals surface area contributed by atoms with E-state index in [1.54, 1.807) is 16.7 Å². The van der Waals surface area contributed by atoms with Gasteiger partial charge in [0, 0.05) is 13.1 Å². The normalized spacial score (nSPS) is 21.8. The summed E-state index contributed by atoms with van der Waals surface area (Å²) in [6.07, 6.45) is 2.61. The van der Waals surface area contributed by atoms with Gasteiger partial charge in [-0.3, -0.25) is 4.79 Å². The fourth-order valence-corrected chi connectivity index (χ4v) is 3.23. The van der Waals surface area contributed by atoms with E-state index in [1.807, 2.05) is 6.26 Å². The van der Waals surface area contributed by atoms with Gasteiger partial charge < -0.3 is 10.6 Å². The van der Waals surface area contributed by atoms with Crippen LogP contribution < -0.4 is 5.73 Å². The van der Waals surface area contributed by atoms with Crippen LogP contribution in [0.1, 0.15) is 6.42 Å². The second kappa shape index (κ2) is 5.88. The van der Waals surface area contributed by atoms with Crippen LogP contribution in [0.3, 0.4) is 0 Å². The van der Waals surface area contributed by atoms with Gasteiger partial charge in [-0.2, -0.15) is 11.8 Å². The van der Waals surface area contributed by atoms with Crippen LogP contribution in [0.4, 0.5) is 0 Å². The third-order valence-corrected chi connectivity index (χ3v) is 4.86. The minimum absolute atomic E-state index is 0.0635. The average Bonchev–Trinajstić information content (AvgIpc) is 2.25. The molecule has 0 aromatic rings. The summed E-state index contributed by atoms with van der Waals surface area (Å²) >= 11 is 1.65. The van der Waals surface area contributed by atoms with Gasteiger partial charge in [0.1, 0.15) is 0 Å². The first-order valence-electron chi connectivity index (χ1n) is 5.20. The molecule has 1 rings (SSSR count). The van der Waals surface area contributed by atoms with Crippen molar-refractivity contribution in [3.05, 3.63) is 0 Å². The smallest absolute Gasteiger partial charge is 0.239 e. The zero-order chi connectivity index (χ0) is 12.2. The quantitative estimate of drug-likeness (QED) is 0.729. The molecular weight excluding hydrogens is 248 g/mol. The van der Waals surface area contributed by atoms with Crippen molar-refractivity contribution in [1.29, 1.82) is 0 Å². The third-order valence-electron chi connectivity index (χ3n) is 2.61. The van der Waals surface area contributed by atoms with Crippen LogP contribution in [0, 0.1) is 0 Å². The van der Waals surface area contributed by atoms with Crippen LogP contribution in [0.15, 0.2) is 0 Å². The van der Waals surface area contributed by atoms with Crippen LogP contribution >= 0.6 is 11.8 Å². The summed E-state index contributed by atoms with van der Waals surface area (Å²) in [6, 6.07) is -0.492. The fraction of sp³-hybridized carbons (Fsp3) is 0.889. The SMILES string of the molecule is CSCC[C@@H](N)C(=O)N1CCS(=O)(=O)CC1. The number of carbonyl (C=O) groups excluding carboxylic acids is 1. The summed E-state index contributed by atoms with van der Waals surface area (Å²) < 4.78 is 22.4. The molecule has 1 fully saturated rings. The van der Waals surface area contributed by atoms with Crippen molar-refractivity contribution >= 4 is 27.5 Å². The molecule has 1 saturated heterocycles. The molecular formula is C9H18N2O3S2.